The van der Waals surface area contributed by atoms with Crippen LogP contribution in [0.15, 0.2) is 0 Å². The molecular weight excluding hydrogens is 206 g/mol. The molecule has 1 heteroatoms. The second-order valence-corrected chi connectivity index (χ2v) is 6.62. The van der Waals surface area contributed by atoms with E-state index in [0.29, 0.717) is 6.04 Å². The van der Waals surface area contributed by atoms with Crippen molar-refractivity contribution in [1.29, 1.82) is 0 Å². The Hall–Kier alpha value is -0.0400. The second-order valence-electron chi connectivity index (χ2n) is 6.62. The van der Waals surface area contributed by atoms with Gasteiger partial charge in [-0.15, -0.1) is 0 Å². The lowest BCUT2D eigenvalue weighted by Crippen LogP contribution is -2.41. The molecule has 0 bridgehead atoms. The Balaban J connectivity index is 1.94. The van der Waals surface area contributed by atoms with Gasteiger partial charge in [0.05, 0.1) is 0 Å². The average molecular weight is 237 g/mol. The van der Waals surface area contributed by atoms with Crippen LogP contribution in [0.4, 0.5) is 0 Å². The summed E-state index contributed by atoms with van der Waals surface area (Å²) in [4.78, 5) is 0. The van der Waals surface area contributed by atoms with Gasteiger partial charge in [0, 0.05) is 6.04 Å². The maximum Gasteiger partial charge on any atom is 0.00700 e. The maximum atomic E-state index is 6.41. The average Bonchev–Trinajstić information content (AvgIpc) is 2.39. The number of hydrogen-bond donors (Lipinski definition) is 1. The quantitative estimate of drug-likeness (QED) is 0.775. The van der Waals surface area contributed by atoms with Gasteiger partial charge >= 0.3 is 0 Å². The van der Waals surface area contributed by atoms with Gasteiger partial charge in [0.15, 0.2) is 0 Å². The van der Waals surface area contributed by atoms with Crippen LogP contribution < -0.4 is 5.73 Å². The normalized spacial score (nSPS) is 43.6. The van der Waals surface area contributed by atoms with Gasteiger partial charge in [-0.25, -0.2) is 0 Å². The Morgan fingerprint density at radius 1 is 0.882 bits per heavy atom. The summed E-state index contributed by atoms with van der Waals surface area (Å²) in [6.07, 6.45) is 12.7. The Morgan fingerprint density at radius 3 is 2.29 bits per heavy atom. The summed E-state index contributed by atoms with van der Waals surface area (Å²) in [5, 5.41) is 0. The molecule has 2 saturated carbocycles. The van der Waals surface area contributed by atoms with Crippen molar-refractivity contribution in [2.45, 2.75) is 77.7 Å². The van der Waals surface area contributed by atoms with E-state index in [-0.39, 0.29) is 0 Å². The van der Waals surface area contributed by atoms with Gasteiger partial charge in [0.2, 0.25) is 0 Å². The Bertz CT molecular complexity index is 226. The molecule has 0 aromatic heterocycles. The van der Waals surface area contributed by atoms with E-state index in [1.807, 2.05) is 0 Å². The summed E-state index contributed by atoms with van der Waals surface area (Å²) in [7, 11) is 0. The molecule has 0 heterocycles. The van der Waals surface area contributed by atoms with Crippen molar-refractivity contribution in [3.05, 3.63) is 0 Å². The third-order valence-corrected chi connectivity index (χ3v) is 5.65. The predicted molar refractivity (Wildman–Crippen MR) is 74.8 cm³/mol. The lowest BCUT2D eigenvalue weighted by atomic mass is 9.65. The van der Waals surface area contributed by atoms with E-state index in [4.69, 9.17) is 5.73 Å². The van der Waals surface area contributed by atoms with E-state index in [9.17, 15) is 0 Å². The molecule has 1 nitrogen and oxygen atoms in total. The van der Waals surface area contributed by atoms with E-state index in [2.05, 4.69) is 13.8 Å². The molecular formula is C16H31N. The van der Waals surface area contributed by atoms with Crippen molar-refractivity contribution in [2.24, 2.45) is 29.4 Å². The Labute approximate surface area is 108 Å². The van der Waals surface area contributed by atoms with Crippen LogP contribution in [0.3, 0.4) is 0 Å². The van der Waals surface area contributed by atoms with E-state index in [1.165, 1.54) is 57.8 Å². The van der Waals surface area contributed by atoms with Gasteiger partial charge in [0.1, 0.15) is 0 Å². The van der Waals surface area contributed by atoms with Gasteiger partial charge < -0.3 is 5.73 Å². The monoisotopic (exact) mass is 237 g/mol. The fraction of sp³-hybridized carbons (Fsp3) is 1.00. The summed E-state index contributed by atoms with van der Waals surface area (Å²) in [6, 6.07) is 0.512. The first-order valence-electron chi connectivity index (χ1n) is 8.00. The molecule has 100 valence electrons. The molecule has 0 saturated heterocycles. The standard InChI is InChI=1S/C16H31N/c1-3-12-6-5-7-14(10-12)15-11-13(4-2)8-9-16(15)17/h12-16H,3-11,17H2,1-2H3. The third-order valence-electron chi connectivity index (χ3n) is 5.65. The minimum absolute atomic E-state index is 0.512. The zero-order valence-electron chi connectivity index (χ0n) is 11.8. The number of nitrogens with two attached hydrogens (primary N) is 1. The van der Waals surface area contributed by atoms with Gasteiger partial charge in [-0.1, -0.05) is 46.0 Å². The molecule has 2 rings (SSSR count). The lowest BCUT2D eigenvalue weighted by molar-refractivity contribution is 0.112. The minimum Gasteiger partial charge on any atom is -0.327 e. The van der Waals surface area contributed by atoms with E-state index >= 15 is 0 Å². The number of hydrogen-bond acceptors (Lipinski definition) is 1. The molecule has 2 N–H and O–H groups in total. The Morgan fingerprint density at radius 2 is 1.59 bits per heavy atom. The highest BCUT2D eigenvalue weighted by atomic mass is 14.7. The first-order valence-corrected chi connectivity index (χ1v) is 8.00. The minimum atomic E-state index is 0.512. The van der Waals surface area contributed by atoms with Crippen molar-refractivity contribution < 1.29 is 0 Å². The maximum absolute atomic E-state index is 6.41. The van der Waals surface area contributed by atoms with Crippen LogP contribution in [-0.4, -0.2) is 6.04 Å². The summed E-state index contributed by atoms with van der Waals surface area (Å²) in [5.74, 6) is 3.78. The fourth-order valence-corrected chi connectivity index (χ4v) is 4.32. The van der Waals surface area contributed by atoms with Crippen molar-refractivity contribution in [3.8, 4) is 0 Å². The van der Waals surface area contributed by atoms with Gasteiger partial charge in [-0.3, -0.25) is 0 Å². The lowest BCUT2D eigenvalue weighted by Gasteiger charge is -2.42. The third kappa shape index (κ3) is 3.24. The molecule has 2 aliphatic rings. The molecule has 2 aliphatic carbocycles. The topological polar surface area (TPSA) is 26.0 Å². The zero-order valence-corrected chi connectivity index (χ0v) is 11.8. The van der Waals surface area contributed by atoms with Crippen LogP contribution in [0.2, 0.25) is 0 Å². The first kappa shape index (κ1) is 13.4. The predicted octanol–water partition coefficient (Wildman–Crippen LogP) is 4.36. The van der Waals surface area contributed by atoms with Crippen molar-refractivity contribution in [3.63, 3.8) is 0 Å². The molecule has 0 aliphatic heterocycles. The highest BCUT2D eigenvalue weighted by Crippen LogP contribution is 2.42. The van der Waals surface area contributed by atoms with Gasteiger partial charge in [-0.2, -0.15) is 0 Å². The van der Waals surface area contributed by atoms with Crippen molar-refractivity contribution >= 4 is 0 Å². The molecule has 17 heavy (non-hydrogen) atoms. The van der Waals surface area contributed by atoms with Gasteiger partial charge in [0.25, 0.3) is 0 Å². The fourth-order valence-electron chi connectivity index (χ4n) is 4.32. The highest BCUT2D eigenvalue weighted by molar-refractivity contribution is 4.88. The van der Waals surface area contributed by atoms with Crippen molar-refractivity contribution in [2.75, 3.05) is 0 Å². The van der Waals surface area contributed by atoms with Crippen LogP contribution >= 0.6 is 0 Å². The smallest absolute Gasteiger partial charge is 0.00700 e. The van der Waals surface area contributed by atoms with E-state index in [0.717, 1.165) is 23.7 Å². The molecule has 5 unspecified atom stereocenters. The first-order chi connectivity index (χ1) is 8.24. The second kappa shape index (κ2) is 6.22. The van der Waals surface area contributed by atoms with Crippen LogP contribution in [0, 0.1) is 23.7 Å². The van der Waals surface area contributed by atoms with E-state index < -0.39 is 0 Å². The van der Waals surface area contributed by atoms with Crippen molar-refractivity contribution in [1.82, 2.24) is 0 Å². The van der Waals surface area contributed by atoms with Crippen LogP contribution in [0.25, 0.3) is 0 Å². The van der Waals surface area contributed by atoms with Crippen LogP contribution in [0.5, 0.6) is 0 Å². The number of rotatable bonds is 3. The zero-order chi connectivity index (χ0) is 12.3. The van der Waals surface area contributed by atoms with Gasteiger partial charge in [-0.05, 0) is 49.4 Å². The molecule has 2 fully saturated rings. The molecule has 5 atom stereocenters. The summed E-state index contributed by atoms with van der Waals surface area (Å²) in [6.45, 7) is 4.72. The molecule has 0 aromatic rings. The molecule has 0 radical (unpaired) electrons. The summed E-state index contributed by atoms with van der Waals surface area (Å²) < 4.78 is 0. The van der Waals surface area contributed by atoms with Crippen LogP contribution in [-0.2, 0) is 0 Å². The molecule has 0 amide bonds. The summed E-state index contributed by atoms with van der Waals surface area (Å²) in [5.41, 5.74) is 6.41. The highest BCUT2D eigenvalue weighted by Gasteiger charge is 2.35. The van der Waals surface area contributed by atoms with E-state index in [1.54, 1.807) is 0 Å². The van der Waals surface area contributed by atoms with Crippen LogP contribution in [0.1, 0.15) is 71.6 Å². The Kier molecular flexibility index (Phi) is 4.90. The molecule has 0 aromatic carbocycles. The summed E-state index contributed by atoms with van der Waals surface area (Å²) >= 11 is 0. The SMILES string of the molecule is CCC1CCCC(C2CC(CC)CCC2N)C1. The largest absolute Gasteiger partial charge is 0.327 e. The molecule has 0 spiro atoms.